The number of hydrogen-bond donors (Lipinski definition) is 2. The number of carbonyl (C=O) groups excluding carboxylic acids is 1. The van der Waals surface area contributed by atoms with Gasteiger partial charge in [-0.2, -0.15) is 13.2 Å². The first-order valence-corrected chi connectivity index (χ1v) is 6.83. The SMILES string of the molecule is Cc1ccc(C(=O)NC[C@@H](O)c2cccc(C(F)(F)F)c2)cn1. The van der Waals surface area contributed by atoms with E-state index in [0.29, 0.717) is 5.56 Å². The van der Waals surface area contributed by atoms with Gasteiger partial charge in [-0.3, -0.25) is 9.78 Å². The zero-order valence-electron chi connectivity index (χ0n) is 12.3. The Labute approximate surface area is 131 Å². The molecule has 122 valence electrons. The molecule has 2 N–H and O–H groups in total. The number of aromatic nitrogens is 1. The van der Waals surface area contributed by atoms with E-state index in [2.05, 4.69) is 10.3 Å². The number of rotatable bonds is 4. The highest BCUT2D eigenvalue weighted by Gasteiger charge is 2.30. The highest BCUT2D eigenvalue weighted by Crippen LogP contribution is 2.30. The van der Waals surface area contributed by atoms with Gasteiger partial charge in [-0.15, -0.1) is 0 Å². The minimum atomic E-state index is -4.48. The van der Waals surface area contributed by atoms with Crippen molar-refractivity contribution < 1.29 is 23.1 Å². The van der Waals surface area contributed by atoms with E-state index in [-0.39, 0.29) is 12.1 Å². The average Bonchev–Trinajstić information content (AvgIpc) is 2.52. The summed E-state index contributed by atoms with van der Waals surface area (Å²) in [6.45, 7) is 1.58. The average molecular weight is 324 g/mol. The molecule has 1 atom stereocenters. The molecule has 0 aliphatic heterocycles. The molecule has 1 amide bonds. The summed E-state index contributed by atoms with van der Waals surface area (Å²) in [5, 5.41) is 12.4. The smallest absolute Gasteiger partial charge is 0.387 e. The molecule has 2 rings (SSSR count). The molecule has 0 fully saturated rings. The van der Waals surface area contributed by atoms with E-state index in [1.807, 2.05) is 0 Å². The Morgan fingerprint density at radius 2 is 2.04 bits per heavy atom. The molecular weight excluding hydrogens is 309 g/mol. The number of amides is 1. The third-order valence-electron chi connectivity index (χ3n) is 3.23. The zero-order chi connectivity index (χ0) is 17.0. The van der Waals surface area contributed by atoms with Crippen LogP contribution in [0.25, 0.3) is 0 Å². The molecule has 1 heterocycles. The molecule has 23 heavy (non-hydrogen) atoms. The van der Waals surface area contributed by atoms with Crippen LogP contribution in [0.4, 0.5) is 13.2 Å². The van der Waals surface area contributed by atoms with Crippen LogP contribution in [0.3, 0.4) is 0 Å². The van der Waals surface area contributed by atoms with Crippen LogP contribution in [0.1, 0.15) is 33.3 Å². The predicted molar refractivity (Wildman–Crippen MR) is 77.7 cm³/mol. The summed E-state index contributed by atoms with van der Waals surface area (Å²) in [7, 11) is 0. The molecule has 0 saturated heterocycles. The molecule has 0 aliphatic carbocycles. The molecule has 7 heteroatoms. The number of nitrogens with zero attached hydrogens (tertiary/aromatic N) is 1. The monoisotopic (exact) mass is 324 g/mol. The van der Waals surface area contributed by atoms with Gasteiger partial charge in [0.15, 0.2) is 0 Å². The summed E-state index contributed by atoms with van der Waals surface area (Å²) in [6, 6.07) is 7.62. The zero-order valence-corrected chi connectivity index (χ0v) is 12.3. The van der Waals surface area contributed by atoms with Gasteiger partial charge in [0.25, 0.3) is 5.91 Å². The highest BCUT2D eigenvalue weighted by atomic mass is 19.4. The van der Waals surface area contributed by atoms with Crippen molar-refractivity contribution in [1.82, 2.24) is 10.3 Å². The fourth-order valence-corrected chi connectivity index (χ4v) is 1.93. The van der Waals surface area contributed by atoms with Crippen LogP contribution in [-0.4, -0.2) is 22.5 Å². The summed E-state index contributed by atoms with van der Waals surface area (Å²) in [5.41, 5.74) is 0.308. The van der Waals surface area contributed by atoms with E-state index in [1.54, 1.807) is 19.1 Å². The summed E-state index contributed by atoms with van der Waals surface area (Å²) in [4.78, 5) is 15.9. The molecule has 1 aromatic carbocycles. The number of nitrogens with one attached hydrogen (secondary N) is 1. The second kappa shape index (κ2) is 6.78. The van der Waals surface area contributed by atoms with Crippen LogP contribution in [0, 0.1) is 6.92 Å². The largest absolute Gasteiger partial charge is 0.416 e. The lowest BCUT2D eigenvalue weighted by Gasteiger charge is -2.14. The summed E-state index contributed by atoms with van der Waals surface area (Å²) in [6.07, 6.45) is -4.33. The summed E-state index contributed by atoms with van der Waals surface area (Å²) < 4.78 is 37.9. The molecule has 0 saturated carbocycles. The quantitative estimate of drug-likeness (QED) is 0.909. The normalized spacial score (nSPS) is 12.7. The lowest BCUT2D eigenvalue weighted by Crippen LogP contribution is -2.28. The van der Waals surface area contributed by atoms with Crippen molar-refractivity contribution in [2.75, 3.05) is 6.54 Å². The van der Waals surface area contributed by atoms with E-state index in [4.69, 9.17) is 0 Å². The van der Waals surface area contributed by atoms with Crippen molar-refractivity contribution in [1.29, 1.82) is 0 Å². The fourth-order valence-electron chi connectivity index (χ4n) is 1.93. The molecule has 0 aliphatic rings. The summed E-state index contributed by atoms with van der Waals surface area (Å²) in [5.74, 6) is -0.455. The maximum absolute atomic E-state index is 12.6. The Balaban J connectivity index is 2.01. The predicted octanol–water partition coefficient (Wildman–Crippen LogP) is 2.87. The first-order valence-electron chi connectivity index (χ1n) is 6.83. The second-order valence-corrected chi connectivity index (χ2v) is 5.04. The van der Waals surface area contributed by atoms with E-state index in [1.165, 1.54) is 18.3 Å². The molecule has 0 bridgehead atoms. The molecule has 4 nitrogen and oxygen atoms in total. The Hall–Kier alpha value is -2.41. The van der Waals surface area contributed by atoms with Gasteiger partial charge in [0.2, 0.25) is 0 Å². The standard InChI is InChI=1S/C16H15F3N2O2/c1-10-5-6-12(8-20-10)15(23)21-9-14(22)11-3-2-4-13(7-11)16(17,18)19/h2-8,14,22H,9H2,1H3,(H,21,23)/t14-/m1/s1. The minimum absolute atomic E-state index is 0.0853. The van der Waals surface area contributed by atoms with Crippen LogP contribution < -0.4 is 5.32 Å². The molecule has 0 radical (unpaired) electrons. The Morgan fingerprint density at radius 3 is 2.65 bits per heavy atom. The van der Waals surface area contributed by atoms with Crippen molar-refractivity contribution >= 4 is 5.91 Å². The fraction of sp³-hybridized carbons (Fsp3) is 0.250. The number of aryl methyl sites for hydroxylation is 1. The maximum atomic E-state index is 12.6. The number of pyridine rings is 1. The van der Waals surface area contributed by atoms with Gasteiger partial charge in [0.1, 0.15) is 0 Å². The Morgan fingerprint density at radius 1 is 1.30 bits per heavy atom. The van der Waals surface area contributed by atoms with Crippen LogP contribution in [-0.2, 0) is 6.18 Å². The Kier molecular flexibility index (Phi) is 5.00. The van der Waals surface area contributed by atoms with Gasteiger partial charge in [0.05, 0.1) is 17.2 Å². The van der Waals surface area contributed by atoms with Crippen molar-refractivity contribution in [2.45, 2.75) is 19.2 Å². The number of hydrogen-bond acceptors (Lipinski definition) is 3. The number of carbonyl (C=O) groups is 1. The maximum Gasteiger partial charge on any atom is 0.416 e. The number of aliphatic hydroxyl groups is 1. The van der Waals surface area contributed by atoms with Crippen LogP contribution >= 0.6 is 0 Å². The van der Waals surface area contributed by atoms with Gasteiger partial charge in [0, 0.05) is 18.4 Å². The van der Waals surface area contributed by atoms with Crippen LogP contribution in [0.15, 0.2) is 42.6 Å². The molecule has 1 aromatic heterocycles. The van der Waals surface area contributed by atoms with Crippen molar-refractivity contribution in [2.24, 2.45) is 0 Å². The van der Waals surface area contributed by atoms with Crippen molar-refractivity contribution in [3.05, 3.63) is 65.0 Å². The van der Waals surface area contributed by atoms with Gasteiger partial charge in [-0.25, -0.2) is 0 Å². The van der Waals surface area contributed by atoms with E-state index in [9.17, 15) is 23.1 Å². The van der Waals surface area contributed by atoms with Crippen LogP contribution in [0.5, 0.6) is 0 Å². The van der Waals surface area contributed by atoms with Crippen molar-refractivity contribution in [3.8, 4) is 0 Å². The van der Waals surface area contributed by atoms with Gasteiger partial charge in [-0.05, 0) is 36.8 Å². The molecule has 2 aromatic rings. The third kappa shape index (κ3) is 4.53. The second-order valence-electron chi connectivity index (χ2n) is 5.04. The first-order chi connectivity index (χ1) is 10.8. The minimum Gasteiger partial charge on any atom is -0.387 e. The van der Waals surface area contributed by atoms with Gasteiger partial charge in [-0.1, -0.05) is 12.1 Å². The number of benzene rings is 1. The van der Waals surface area contributed by atoms with E-state index >= 15 is 0 Å². The lowest BCUT2D eigenvalue weighted by atomic mass is 10.1. The van der Waals surface area contributed by atoms with Gasteiger partial charge < -0.3 is 10.4 Å². The van der Waals surface area contributed by atoms with Crippen LogP contribution in [0.2, 0.25) is 0 Å². The molecule has 0 spiro atoms. The number of halogens is 3. The third-order valence-corrected chi connectivity index (χ3v) is 3.23. The Bertz CT molecular complexity index is 684. The van der Waals surface area contributed by atoms with Gasteiger partial charge >= 0.3 is 6.18 Å². The number of aliphatic hydroxyl groups excluding tert-OH is 1. The highest BCUT2D eigenvalue weighted by molar-refractivity contribution is 5.93. The summed E-state index contributed by atoms with van der Waals surface area (Å²) >= 11 is 0. The first kappa shape index (κ1) is 17.0. The van der Waals surface area contributed by atoms with Crippen molar-refractivity contribution in [3.63, 3.8) is 0 Å². The van der Waals surface area contributed by atoms with E-state index in [0.717, 1.165) is 17.8 Å². The molecular formula is C16H15F3N2O2. The topological polar surface area (TPSA) is 62.2 Å². The lowest BCUT2D eigenvalue weighted by molar-refractivity contribution is -0.137. The van der Waals surface area contributed by atoms with E-state index < -0.39 is 23.8 Å². The number of alkyl halides is 3. The molecule has 0 unspecified atom stereocenters.